The number of ketones is 4. The van der Waals surface area contributed by atoms with Crippen molar-refractivity contribution in [1.29, 1.82) is 0 Å². The number of carbonyl (C=O) groups is 4. The monoisotopic (exact) mass is 2770 g/mol. The number of hydrogen-bond acceptors (Lipinski definition) is 12. The number of aryl methyl sites for hydroxylation is 10. The summed E-state index contributed by atoms with van der Waals surface area (Å²) in [5.74, 6) is 3.18. The van der Waals surface area contributed by atoms with E-state index in [1.807, 2.05) is 184 Å². The first kappa shape index (κ1) is 138. The average Bonchev–Trinajstić information content (AvgIpc) is 0.764. The fraction of sp³-hybridized carbons (Fsp3) is 0.438. The van der Waals surface area contributed by atoms with Crippen LogP contribution in [-0.4, -0.2) is 75.8 Å². The van der Waals surface area contributed by atoms with Crippen molar-refractivity contribution >= 4 is 66.2 Å². The minimum absolute atomic E-state index is 0. The summed E-state index contributed by atoms with van der Waals surface area (Å²) < 4.78 is 74.4. The zero-order valence-electron chi connectivity index (χ0n) is 93.6. The Hall–Kier alpha value is -9.58. The molecule has 0 spiro atoms. The number of Topliss-reactive ketones (excluding diaryl/α,β-unsaturated/α-hetero) is 1. The van der Waals surface area contributed by atoms with E-state index in [0.717, 1.165) is 177 Å². The Kier molecular flexibility index (Phi) is 63.2. The van der Waals surface area contributed by atoms with Gasteiger partial charge in [0.05, 0.1) is 17.3 Å². The molecule has 0 saturated heterocycles. The van der Waals surface area contributed by atoms with Crippen LogP contribution >= 0.6 is 0 Å². The van der Waals surface area contributed by atoms with E-state index in [1.54, 1.807) is 31.5 Å². The number of halogens is 6. The molecule has 0 amide bonds. The topological polar surface area (TPSA) is 201 Å². The molecule has 12 aromatic rings. The van der Waals surface area contributed by atoms with E-state index in [4.69, 9.17) is 10.1 Å². The largest absolute Gasteiger partial charge is 0.512 e. The molecule has 0 aliphatic heterocycles. The number of fused-ring (bicyclic) bond motifs is 4. The summed E-state index contributed by atoms with van der Waals surface area (Å²) in [6.07, 6.45) is 11.8. The van der Waals surface area contributed by atoms with Crippen LogP contribution in [0.1, 0.15) is 325 Å². The Balaban J connectivity index is 0.000000869. The molecule has 0 fully saturated rings. The number of carbonyl (C=O) groups excluding carboxylic acids is 4. The molecule has 4 radical (unpaired) electrons. The number of nitrogens with zero attached hydrogens (tertiary/aromatic N) is 4. The predicted molar refractivity (Wildman–Crippen MR) is 596 cm³/mol. The first-order valence-electron chi connectivity index (χ1n) is 52.3. The molecular formula is C128H162F6Ir4N4O8-4. The molecule has 0 bridgehead atoms. The van der Waals surface area contributed by atoms with Crippen molar-refractivity contribution in [2.45, 2.75) is 334 Å². The normalized spacial score (nSPS) is 11.7. The summed E-state index contributed by atoms with van der Waals surface area (Å²) in [6.45, 7) is 58.8. The van der Waals surface area contributed by atoms with Crippen LogP contribution in [0.3, 0.4) is 0 Å². The van der Waals surface area contributed by atoms with E-state index in [2.05, 4.69) is 175 Å². The third-order valence-corrected chi connectivity index (χ3v) is 26.4. The van der Waals surface area contributed by atoms with Gasteiger partial charge in [0, 0.05) is 177 Å². The van der Waals surface area contributed by atoms with Crippen LogP contribution in [0.2, 0.25) is 0 Å². The van der Waals surface area contributed by atoms with Crippen LogP contribution in [0.4, 0.5) is 26.3 Å². The van der Waals surface area contributed by atoms with Crippen molar-refractivity contribution in [2.75, 3.05) is 0 Å². The zero-order chi connectivity index (χ0) is 109. The molecule has 4 aromatic heterocycles. The van der Waals surface area contributed by atoms with E-state index in [9.17, 15) is 60.8 Å². The summed E-state index contributed by atoms with van der Waals surface area (Å²) in [7, 11) is 0. The van der Waals surface area contributed by atoms with Gasteiger partial charge in [0.1, 0.15) is 5.76 Å². The van der Waals surface area contributed by atoms with Gasteiger partial charge in [0.25, 0.3) is 0 Å². The molecule has 22 heteroatoms. The van der Waals surface area contributed by atoms with E-state index in [-0.39, 0.29) is 169 Å². The molecular weight excluding hydrogens is 2600 g/mol. The maximum absolute atomic E-state index is 12.4. The standard InChI is InChI=1S/C23H26N.2C20H17F3N.C20H20N.C14H26O2.2C13H24O2.C5H8O2.4Ir/c1-14(2)18-12-21(15(3)4)20-7-8-24-23(22(20)13-18)19-10-16(5)9-17(6)11-19;2*1-13-9-14(2)11-17(10-13)19-18-4-3-15(5-7-20(21,22)23)12-16(18)6-8-24-19;1-13(2)17-6-5-16-7-8-21-20(19(16)12-17)18-10-14(3)9-15(4)11-18;1-6-11(7-2)13(15)10(5)14(16)12(8-3)9-4;2*1-5-10(6-2)12(14)9-13(15)11(7-3)8-4;1-4(6)3-5(2)7;;;;/h7-10,12-15H,1-6H3;2*3-4,6,8-10,12H,5,7H2,1-2H3;5-10,12-13H,1-4H3;11-12,15H,6-9H2,1-5H3;2*9-11,14H,5-8H2,1-4H3;3,6H,1-2H3;;;;/q4*-1;;;;;;;;. The van der Waals surface area contributed by atoms with Crippen LogP contribution < -0.4 is 0 Å². The zero-order valence-corrected chi connectivity index (χ0v) is 103. The van der Waals surface area contributed by atoms with E-state index in [0.29, 0.717) is 40.2 Å². The number of aliphatic hydroxyl groups is 4. The van der Waals surface area contributed by atoms with Gasteiger partial charge < -0.3 is 40.4 Å². The molecule has 12 rings (SSSR count). The fourth-order valence-corrected chi connectivity index (χ4v) is 17.9. The Morgan fingerprint density at radius 3 is 0.933 bits per heavy atom. The van der Waals surface area contributed by atoms with Crippen molar-refractivity contribution in [1.82, 2.24) is 19.9 Å². The van der Waals surface area contributed by atoms with Crippen LogP contribution in [0.15, 0.2) is 211 Å². The van der Waals surface area contributed by atoms with Crippen LogP contribution in [0.25, 0.3) is 88.1 Å². The van der Waals surface area contributed by atoms with Gasteiger partial charge in [0.2, 0.25) is 0 Å². The van der Waals surface area contributed by atoms with Crippen LogP contribution in [-0.2, 0) is 112 Å². The van der Waals surface area contributed by atoms with Gasteiger partial charge in [-0.15, -0.1) is 140 Å². The smallest absolute Gasteiger partial charge is 0.389 e. The number of aromatic nitrogens is 4. The Morgan fingerprint density at radius 2 is 0.640 bits per heavy atom. The van der Waals surface area contributed by atoms with Crippen molar-refractivity contribution in [3.63, 3.8) is 0 Å². The Morgan fingerprint density at radius 1 is 0.327 bits per heavy atom. The number of rotatable bonds is 33. The molecule has 0 aliphatic carbocycles. The second kappa shape index (κ2) is 68.5. The number of hydrogen-bond donors (Lipinski definition) is 4. The summed E-state index contributed by atoms with van der Waals surface area (Å²) >= 11 is 0. The first-order valence-corrected chi connectivity index (χ1v) is 52.3. The molecule has 8 aromatic carbocycles. The number of aliphatic hydroxyl groups excluding tert-OH is 4. The van der Waals surface area contributed by atoms with Gasteiger partial charge in [0.15, 0.2) is 23.1 Å². The molecule has 4 heterocycles. The molecule has 150 heavy (non-hydrogen) atoms. The summed E-state index contributed by atoms with van der Waals surface area (Å²) in [5, 5.41) is 46.6. The van der Waals surface area contributed by atoms with Gasteiger partial charge in [-0.1, -0.05) is 247 Å². The quantitative estimate of drug-likeness (QED) is 0.0131. The maximum atomic E-state index is 12.4. The second-order valence-corrected chi connectivity index (χ2v) is 39.4. The van der Waals surface area contributed by atoms with Crippen LogP contribution in [0, 0.1) is 115 Å². The number of allylic oxidation sites excluding steroid dienone is 8. The van der Waals surface area contributed by atoms with Crippen LogP contribution in [0.5, 0.6) is 0 Å². The predicted octanol–water partition coefficient (Wildman–Crippen LogP) is 36.7. The fourth-order valence-electron chi connectivity index (χ4n) is 17.9. The summed E-state index contributed by atoms with van der Waals surface area (Å²) in [4.78, 5) is 63.8. The SMILES string of the molecule is CC(=O)C=C(C)O.CCC(CC)C(=O)C(C)=C(O)C(CC)CC.CCC(CC)C(=O)C=C(O)C(CC)CC.CCC(CC)C(=O)C=C(O)C(CC)CC.Cc1[c-]c(-c2nccc3c(C(C)C)cc(C(C)C)cc23)cc(C)c1.Cc1[c-]c(-c2nccc3cc(CCC(F)(F)F)ccc23)cc(C)c1.Cc1[c-]c(-c2nccc3cc(CCC(F)(F)F)ccc23)cc(C)c1.Cc1[c-]c(-c2nccc3ccc(C(C)C)cc23)cc(C)c1.[Ir].[Ir].[Ir].[Ir]. The van der Waals surface area contributed by atoms with Gasteiger partial charge in [-0.05, 0) is 246 Å². The van der Waals surface area contributed by atoms with E-state index >= 15 is 0 Å². The van der Waals surface area contributed by atoms with E-state index < -0.39 is 25.2 Å². The molecule has 0 unspecified atom stereocenters. The average molecular weight is 2770 g/mol. The summed E-state index contributed by atoms with van der Waals surface area (Å²) in [6, 6.07) is 60.4. The number of alkyl halides is 6. The van der Waals surface area contributed by atoms with Crippen molar-refractivity contribution in [2.24, 2.45) is 35.5 Å². The van der Waals surface area contributed by atoms with Crippen molar-refractivity contribution in [3.05, 3.63) is 308 Å². The molecule has 0 saturated carbocycles. The first-order chi connectivity index (χ1) is 68.9. The molecule has 4 N–H and O–H groups in total. The second-order valence-electron chi connectivity index (χ2n) is 39.4. The Bertz CT molecular complexity index is 6110. The van der Waals surface area contributed by atoms with Crippen molar-refractivity contribution < 1.29 is 146 Å². The minimum atomic E-state index is -4.13. The molecule has 0 aliphatic rings. The molecule has 0 atom stereocenters. The molecule has 12 nitrogen and oxygen atoms in total. The number of pyridine rings is 4. The minimum Gasteiger partial charge on any atom is -0.512 e. The van der Waals surface area contributed by atoms with Gasteiger partial charge in [-0.2, -0.15) is 26.3 Å². The third-order valence-electron chi connectivity index (χ3n) is 26.4. The summed E-state index contributed by atoms with van der Waals surface area (Å²) in [5.41, 5.74) is 22.9. The van der Waals surface area contributed by atoms with Gasteiger partial charge in [-0.25, -0.2) is 0 Å². The maximum Gasteiger partial charge on any atom is 0.389 e. The Labute approximate surface area is 946 Å². The van der Waals surface area contributed by atoms with Gasteiger partial charge in [-0.3, -0.25) is 19.2 Å². The third kappa shape index (κ3) is 44.8. The van der Waals surface area contributed by atoms with Gasteiger partial charge >= 0.3 is 12.4 Å². The van der Waals surface area contributed by atoms with E-state index in [1.165, 1.54) is 81.4 Å². The van der Waals surface area contributed by atoms with Crippen molar-refractivity contribution in [3.8, 4) is 45.0 Å². The number of benzene rings is 8. The molecule has 824 valence electrons.